The van der Waals surface area contributed by atoms with Crippen molar-refractivity contribution < 1.29 is 9.53 Å². The molecule has 0 bridgehead atoms. The van der Waals surface area contributed by atoms with Crippen molar-refractivity contribution in [3.05, 3.63) is 65.9 Å². The maximum atomic E-state index is 13.2. The molecular formula is C20H22N4O2. The third kappa shape index (κ3) is 3.60. The first-order chi connectivity index (χ1) is 12.7. The van der Waals surface area contributed by atoms with Crippen molar-refractivity contribution in [2.24, 2.45) is 0 Å². The number of aromatic nitrogens is 3. The minimum Gasteiger partial charge on any atom is -0.376 e. The van der Waals surface area contributed by atoms with Crippen LogP contribution in [-0.2, 0) is 11.3 Å². The van der Waals surface area contributed by atoms with E-state index in [9.17, 15) is 4.79 Å². The molecule has 0 aromatic carbocycles. The minimum atomic E-state index is -0.0144. The molecule has 1 atom stereocenters. The lowest BCUT2D eigenvalue weighted by Crippen LogP contribution is -2.37. The van der Waals surface area contributed by atoms with Crippen molar-refractivity contribution in [2.45, 2.75) is 32.4 Å². The van der Waals surface area contributed by atoms with E-state index in [0.29, 0.717) is 18.7 Å². The Balaban J connectivity index is 1.60. The summed E-state index contributed by atoms with van der Waals surface area (Å²) in [5, 5.41) is 0. The number of hydrogen-bond acceptors (Lipinski definition) is 4. The zero-order chi connectivity index (χ0) is 17.9. The van der Waals surface area contributed by atoms with Crippen molar-refractivity contribution in [3.8, 4) is 0 Å². The summed E-state index contributed by atoms with van der Waals surface area (Å²) < 4.78 is 7.65. The number of nitrogens with zero attached hydrogens (tertiary/aromatic N) is 4. The van der Waals surface area contributed by atoms with Gasteiger partial charge in [-0.15, -0.1) is 0 Å². The summed E-state index contributed by atoms with van der Waals surface area (Å²) in [7, 11) is 0. The predicted octanol–water partition coefficient (Wildman–Crippen LogP) is 2.86. The Labute approximate surface area is 152 Å². The summed E-state index contributed by atoms with van der Waals surface area (Å²) >= 11 is 0. The minimum absolute atomic E-state index is 0.0144. The van der Waals surface area contributed by atoms with Crippen molar-refractivity contribution >= 4 is 11.6 Å². The topological polar surface area (TPSA) is 59.7 Å². The van der Waals surface area contributed by atoms with Crippen LogP contribution in [0, 0.1) is 6.92 Å². The molecule has 1 aliphatic rings. The normalized spacial score (nSPS) is 16.9. The number of ether oxygens (including phenoxy) is 1. The molecule has 26 heavy (non-hydrogen) atoms. The molecule has 134 valence electrons. The zero-order valence-electron chi connectivity index (χ0n) is 14.8. The van der Waals surface area contributed by atoms with E-state index < -0.39 is 0 Å². The molecule has 0 spiro atoms. The Morgan fingerprint density at radius 3 is 3.00 bits per heavy atom. The molecule has 1 aliphatic heterocycles. The van der Waals surface area contributed by atoms with Gasteiger partial charge in [-0.05, 0) is 44.0 Å². The van der Waals surface area contributed by atoms with E-state index in [2.05, 4.69) is 9.97 Å². The smallest absolute Gasteiger partial charge is 0.255 e. The van der Waals surface area contributed by atoms with Crippen molar-refractivity contribution in [1.29, 1.82) is 0 Å². The number of imidazole rings is 1. The van der Waals surface area contributed by atoms with Crippen LogP contribution in [0.15, 0.2) is 48.9 Å². The molecular weight excluding hydrogens is 328 g/mol. The van der Waals surface area contributed by atoms with Gasteiger partial charge in [-0.2, -0.15) is 0 Å². The molecule has 0 saturated carbocycles. The fourth-order valence-electron chi connectivity index (χ4n) is 3.37. The second kappa shape index (κ2) is 7.25. The van der Waals surface area contributed by atoms with Crippen molar-refractivity contribution in [3.63, 3.8) is 0 Å². The van der Waals surface area contributed by atoms with E-state index >= 15 is 0 Å². The average molecular weight is 350 g/mol. The number of amides is 1. The molecule has 0 radical (unpaired) electrons. The van der Waals surface area contributed by atoms with Crippen LogP contribution in [0.1, 0.15) is 34.6 Å². The fraction of sp³-hybridized carbons (Fsp3) is 0.350. The highest BCUT2D eigenvalue weighted by molar-refractivity contribution is 5.94. The second-order valence-corrected chi connectivity index (χ2v) is 6.71. The maximum absolute atomic E-state index is 13.2. The van der Waals surface area contributed by atoms with Crippen LogP contribution in [0.3, 0.4) is 0 Å². The van der Waals surface area contributed by atoms with Gasteiger partial charge in [0.1, 0.15) is 5.65 Å². The van der Waals surface area contributed by atoms with Gasteiger partial charge >= 0.3 is 0 Å². The third-order valence-corrected chi connectivity index (χ3v) is 4.63. The largest absolute Gasteiger partial charge is 0.376 e. The molecule has 1 fully saturated rings. The SMILES string of the molecule is Cc1cn2cc(C(=O)N(Cc3ccccn3)C[C@@H]3CCCO3)ccc2n1. The molecule has 4 heterocycles. The third-order valence-electron chi connectivity index (χ3n) is 4.63. The summed E-state index contributed by atoms with van der Waals surface area (Å²) in [6.45, 7) is 3.77. The molecule has 1 amide bonds. The van der Waals surface area contributed by atoms with E-state index in [4.69, 9.17) is 4.74 Å². The molecule has 3 aromatic heterocycles. The lowest BCUT2D eigenvalue weighted by molar-refractivity contribution is 0.0504. The number of hydrogen-bond donors (Lipinski definition) is 0. The molecule has 6 heteroatoms. The van der Waals surface area contributed by atoms with Gasteiger partial charge in [-0.1, -0.05) is 6.07 Å². The number of carbonyl (C=O) groups excluding carboxylic acids is 1. The highest BCUT2D eigenvalue weighted by Gasteiger charge is 2.24. The monoisotopic (exact) mass is 350 g/mol. The Bertz CT molecular complexity index is 901. The van der Waals surface area contributed by atoms with Crippen LogP contribution >= 0.6 is 0 Å². The Morgan fingerprint density at radius 2 is 2.23 bits per heavy atom. The van der Waals surface area contributed by atoms with Crippen LogP contribution in [0.4, 0.5) is 0 Å². The molecule has 0 N–H and O–H groups in total. The van der Waals surface area contributed by atoms with Gasteiger partial charge in [0.05, 0.1) is 29.6 Å². The Kier molecular flexibility index (Phi) is 4.67. The summed E-state index contributed by atoms with van der Waals surface area (Å²) in [6.07, 6.45) is 7.67. The van der Waals surface area contributed by atoms with Crippen LogP contribution in [-0.4, -0.2) is 44.4 Å². The molecule has 4 rings (SSSR count). The maximum Gasteiger partial charge on any atom is 0.255 e. The van der Waals surface area contributed by atoms with Crippen LogP contribution in [0.25, 0.3) is 5.65 Å². The van der Waals surface area contributed by atoms with Crippen molar-refractivity contribution in [2.75, 3.05) is 13.2 Å². The number of fused-ring (bicyclic) bond motifs is 1. The van der Waals surface area contributed by atoms with Gasteiger partial charge in [-0.25, -0.2) is 4.98 Å². The number of rotatable bonds is 5. The summed E-state index contributed by atoms with van der Waals surface area (Å²) in [5.41, 5.74) is 3.29. The Morgan fingerprint density at radius 1 is 1.31 bits per heavy atom. The van der Waals surface area contributed by atoms with Gasteiger partial charge in [0.25, 0.3) is 5.91 Å². The summed E-state index contributed by atoms with van der Waals surface area (Å²) in [6, 6.07) is 9.48. The highest BCUT2D eigenvalue weighted by Crippen LogP contribution is 2.17. The predicted molar refractivity (Wildman–Crippen MR) is 97.9 cm³/mol. The zero-order valence-corrected chi connectivity index (χ0v) is 14.8. The molecule has 0 aliphatic carbocycles. The van der Waals surface area contributed by atoms with E-state index in [1.54, 1.807) is 6.20 Å². The second-order valence-electron chi connectivity index (χ2n) is 6.71. The van der Waals surface area contributed by atoms with Crippen LogP contribution in [0.5, 0.6) is 0 Å². The number of carbonyl (C=O) groups is 1. The van der Waals surface area contributed by atoms with Gasteiger partial charge in [0, 0.05) is 31.7 Å². The molecule has 0 unspecified atom stereocenters. The number of aryl methyl sites for hydroxylation is 1. The van der Waals surface area contributed by atoms with Gasteiger partial charge in [0.15, 0.2) is 0 Å². The average Bonchev–Trinajstić information content (AvgIpc) is 3.29. The lowest BCUT2D eigenvalue weighted by Gasteiger charge is -2.25. The molecule has 6 nitrogen and oxygen atoms in total. The molecule has 1 saturated heterocycles. The van der Waals surface area contributed by atoms with Crippen LogP contribution < -0.4 is 0 Å². The van der Waals surface area contributed by atoms with Gasteiger partial charge < -0.3 is 14.0 Å². The lowest BCUT2D eigenvalue weighted by atomic mass is 10.2. The first-order valence-corrected chi connectivity index (χ1v) is 8.95. The Hall–Kier alpha value is -2.73. The highest BCUT2D eigenvalue weighted by atomic mass is 16.5. The first-order valence-electron chi connectivity index (χ1n) is 8.95. The quantitative estimate of drug-likeness (QED) is 0.710. The van der Waals surface area contributed by atoms with Crippen LogP contribution in [0.2, 0.25) is 0 Å². The van der Waals surface area contributed by atoms with E-state index in [-0.39, 0.29) is 12.0 Å². The van der Waals surface area contributed by atoms with E-state index in [0.717, 1.165) is 36.5 Å². The van der Waals surface area contributed by atoms with E-state index in [1.165, 1.54) is 0 Å². The standard InChI is InChI=1S/C20H22N4O2/c1-15-11-23-12-16(7-8-19(23)22-15)20(25)24(14-18-6-4-10-26-18)13-17-5-2-3-9-21-17/h2-3,5,7-9,11-12,18H,4,6,10,13-14H2,1H3/t18-/m0/s1. The van der Waals surface area contributed by atoms with Gasteiger partial charge in [0.2, 0.25) is 0 Å². The van der Waals surface area contributed by atoms with Crippen molar-refractivity contribution in [1.82, 2.24) is 19.3 Å². The number of pyridine rings is 2. The van der Waals surface area contributed by atoms with Gasteiger partial charge in [-0.3, -0.25) is 9.78 Å². The molecule has 3 aromatic rings. The first kappa shape index (κ1) is 16.7. The summed E-state index contributed by atoms with van der Waals surface area (Å²) in [5.74, 6) is -0.0144. The summed E-state index contributed by atoms with van der Waals surface area (Å²) in [4.78, 5) is 23.8. The fourth-order valence-corrected chi connectivity index (χ4v) is 3.37. The van der Waals surface area contributed by atoms with E-state index in [1.807, 2.05) is 58.9 Å².